The lowest BCUT2D eigenvalue weighted by atomic mass is 10.2. The highest BCUT2D eigenvalue weighted by molar-refractivity contribution is 8.01. The predicted octanol–water partition coefficient (Wildman–Crippen LogP) is 5.64. The molecule has 0 radical (unpaired) electrons. The van der Waals surface area contributed by atoms with Crippen molar-refractivity contribution in [2.24, 2.45) is 0 Å². The first-order valence-electron chi connectivity index (χ1n) is 6.77. The normalized spacial score (nSPS) is 10.9. The number of thioether (sulfide) groups is 1. The molecule has 0 fully saturated rings. The van der Waals surface area contributed by atoms with Crippen LogP contribution >= 0.6 is 46.3 Å². The van der Waals surface area contributed by atoms with Crippen LogP contribution in [0.25, 0.3) is 10.2 Å². The van der Waals surface area contributed by atoms with Crippen LogP contribution in [0.4, 0.5) is 5.69 Å². The van der Waals surface area contributed by atoms with Crippen molar-refractivity contribution < 1.29 is 4.79 Å². The molecule has 3 nitrogen and oxygen atoms in total. The average molecular weight is 383 g/mol. The lowest BCUT2D eigenvalue weighted by Crippen LogP contribution is -2.14. The number of hydrogen-bond acceptors (Lipinski definition) is 4. The molecule has 1 heterocycles. The number of aromatic nitrogens is 1. The molecular formula is C16H12Cl2N2OS2. The number of anilines is 1. The van der Waals surface area contributed by atoms with Crippen molar-refractivity contribution in [3.8, 4) is 0 Å². The van der Waals surface area contributed by atoms with Gasteiger partial charge in [-0.15, -0.1) is 11.3 Å². The molecule has 0 saturated heterocycles. The minimum Gasteiger partial charge on any atom is -0.325 e. The Labute approximate surface area is 152 Å². The second-order valence-corrected chi connectivity index (χ2v) is 7.94. The Morgan fingerprint density at radius 2 is 2.13 bits per heavy atom. The summed E-state index contributed by atoms with van der Waals surface area (Å²) in [5, 5.41) is 4.17. The van der Waals surface area contributed by atoms with E-state index in [0.717, 1.165) is 25.8 Å². The number of thiazole rings is 1. The fraction of sp³-hybridized carbons (Fsp3) is 0.125. The van der Waals surface area contributed by atoms with E-state index in [-0.39, 0.29) is 5.91 Å². The summed E-state index contributed by atoms with van der Waals surface area (Å²) in [6.45, 7) is 1.88. The van der Waals surface area contributed by atoms with E-state index >= 15 is 0 Å². The standard InChI is InChI=1S/C16H12Cl2N2OS2/c1-9-11(18)3-2-4-12(9)19-15(21)8-22-16-20-13-7-10(17)5-6-14(13)23-16/h2-7H,8H2,1H3,(H,19,21). The second-order valence-electron chi connectivity index (χ2n) is 4.84. The molecule has 2 aromatic carbocycles. The summed E-state index contributed by atoms with van der Waals surface area (Å²) in [5.41, 5.74) is 2.46. The largest absolute Gasteiger partial charge is 0.325 e. The van der Waals surface area contributed by atoms with Gasteiger partial charge in [0.2, 0.25) is 5.91 Å². The van der Waals surface area contributed by atoms with Gasteiger partial charge in [-0.3, -0.25) is 4.79 Å². The van der Waals surface area contributed by atoms with E-state index in [1.807, 2.05) is 37.3 Å². The van der Waals surface area contributed by atoms with Crippen molar-refractivity contribution in [2.75, 3.05) is 11.1 Å². The van der Waals surface area contributed by atoms with Crippen molar-refractivity contribution >= 4 is 68.1 Å². The first kappa shape index (κ1) is 16.6. The molecular weight excluding hydrogens is 371 g/mol. The van der Waals surface area contributed by atoms with E-state index in [4.69, 9.17) is 23.2 Å². The molecule has 0 aliphatic rings. The Hall–Kier alpha value is -1.27. The Balaban J connectivity index is 1.65. The van der Waals surface area contributed by atoms with Gasteiger partial charge in [0.25, 0.3) is 0 Å². The zero-order valence-corrected chi connectivity index (χ0v) is 15.2. The zero-order valence-electron chi connectivity index (χ0n) is 12.1. The van der Waals surface area contributed by atoms with Gasteiger partial charge in [0, 0.05) is 15.7 Å². The lowest BCUT2D eigenvalue weighted by Gasteiger charge is -2.08. The quantitative estimate of drug-likeness (QED) is 0.593. The fourth-order valence-corrected chi connectivity index (χ4v) is 4.19. The first-order chi connectivity index (χ1) is 11.0. The summed E-state index contributed by atoms with van der Waals surface area (Å²) in [6, 6.07) is 11.1. The van der Waals surface area contributed by atoms with Crippen LogP contribution in [0.3, 0.4) is 0 Å². The van der Waals surface area contributed by atoms with Crippen molar-refractivity contribution in [1.82, 2.24) is 4.98 Å². The van der Waals surface area contributed by atoms with Gasteiger partial charge >= 0.3 is 0 Å². The van der Waals surface area contributed by atoms with Gasteiger partial charge in [-0.25, -0.2) is 4.98 Å². The van der Waals surface area contributed by atoms with Crippen LogP contribution in [0.1, 0.15) is 5.56 Å². The summed E-state index contributed by atoms with van der Waals surface area (Å²) in [5.74, 6) is 0.206. The second kappa shape index (κ2) is 7.09. The summed E-state index contributed by atoms with van der Waals surface area (Å²) in [7, 11) is 0. The summed E-state index contributed by atoms with van der Waals surface area (Å²) < 4.78 is 1.91. The number of nitrogens with one attached hydrogen (secondary N) is 1. The van der Waals surface area contributed by atoms with Gasteiger partial charge in [-0.2, -0.15) is 0 Å². The van der Waals surface area contributed by atoms with Gasteiger partial charge < -0.3 is 5.32 Å². The zero-order chi connectivity index (χ0) is 16.4. The Bertz CT molecular complexity index is 880. The molecule has 7 heteroatoms. The van der Waals surface area contributed by atoms with Crippen molar-refractivity contribution in [2.45, 2.75) is 11.3 Å². The van der Waals surface area contributed by atoms with E-state index in [1.54, 1.807) is 17.4 Å². The molecule has 0 aliphatic heterocycles. The maximum Gasteiger partial charge on any atom is 0.234 e. The number of amides is 1. The first-order valence-corrected chi connectivity index (χ1v) is 9.32. The van der Waals surface area contributed by atoms with E-state index < -0.39 is 0 Å². The minimum absolute atomic E-state index is 0.0855. The number of benzene rings is 2. The highest BCUT2D eigenvalue weighted by Crippen LogP contribution is 2.31. The van der Waals surface area contributed by atoms with Gasteiger partial charge in [0.1, 0.15) is 0 Å². The van der Waals surface area contributed by atoms with E-state index in [0.29, 0.717) is 15.8 Å². The van der Waals surface area contributed by atoms with Crippen LogP contribution < -0.4 is 5.32 Å². The molecule has 1 aromatic heterocycles. The Kier molecular flexibility index (Phi) is 5.11. The predicted molar refractivity (Wildman–Crippen MR) is 100 cm³/mol. The van der Waals surface area contributed by atoms with E-state index in [2.05, 4.69) is 10.3 Å². The molecule has 0 spiro atoms. The molecule has 0 unspecified atom stereocenters. The number of rotatable bonds is 4. The summed E-state index contributed by atoms with van der Waals surface area (Å²) in [6.07, 6.45) is 0. The number of hydrogen-bond donors (Lipinski definition) is 1. The molecule has 0 bridgehead atoms. The number of fused-ring (bicyclic) bond motifs is 1. The summed E-state index contributed by atoms with van der Waals surface area (Å²) in [4.78, 5) is 16.6. The maximum atomic E-state index is 12.1. The van der Waals surface area contributed by atoms with Crippen LogP contribution in [-0.2, 0) is 4.79 Å². The average Bonchev–Trinajstić information content (AvgIpc) is 2.92. The molecule has 1 amide bonds. The van der Waals surface area contributed by atoms with E-state index in [1.165, 1.54) is 11.8 Å². The number of carbonyl (C=O) groups excluding carboxylic acids is 1. The van der Waals surface area contributed by atoms with Crippen LogP contribution in [-0.4, -0.2) is 16.6 Å². The molecule has 3 aromatic rings. The number of nitrogens with zero attached hydrogens (tertiary/aromatic N) is 1. The molecule has 1 N–H and O–H groups in total. The Morgan fingerprint density at radius 3 is 2.96 bits per heavy atom. The fourth-order valence-electron chi connectivity index (χ4n) is 2.00. The van der Waals surface area contributed by atoms with Crippen LogP contribution in [0.2, 0.25) is 10.0 Å². The smallest absolute Gasteiger partial charge is 0.234 e. The van der Waals surface area contributed by atoms with Gasteiger partial charge in [-0.1, -0.05) is 41.0 Å². The van der Waals surface area contributed by atoms with Crippen LogP contribution in [0.5, 0.6) is 0 Å². The van der Waals surface area contributed by atoms with Gasteiger partial charge in [0.15, 0.2) is 4.34 Å². The molecule has 118 valence electrons. The third kappa shape index (κ3) is 3.98. The monoisotopic (exact) mass is 382 g/mol. The SMILES string of the molecule is Cc1c(Cl)cccc1NC(=O)CSc1nc2cc(Cl)ccc2s1. The van der Waals surface area contributed by atoms with Crippen LogP contribution in [0, 0.1) is 6.92 Å². The molecule has 23 heavy (non-hydrogen) atoms. The van der Waals surface area contributed by atoms with Gasteiger partial charge in [-0.05, 0) is 42.8 Å². The summed E-state index contributed by atoms with van der Waals surface area (Å²) >= 11 is 15.0. The Morgan fingerprint density at radius 1 is 1.30 bits per heavy atom. The van der Waals surface area contributed by atoms with Gasteiger partial charge in [0.05, 0.1) is 16.0 Å². The van der Waals surface area contributed by atoms with Crippen LogP contribution in [0.15, 0.2) is 40.7 Å². The maximum absolute atomic E-state index is 12.1. The third-order valence-corrected chi connectivity index (χ3v) is 6.02. The van der Waals surface area contributed by atoms with Crippen molar-refractivity contribution in [3.05, 3.63) is 52.0 Å². The number of carbonyl (C=O) groups is 1. The molecule has 0 atom stereocenters. The van der Waals surface area contributed by atoms with Crippen molar-refractivity contribution in [3.63, 3.8) is 0 Å². The lowest BCUT2D eigenvalue weighted by molar-refractivity contribution is -0.113. The molecule has 0 aliphatic carbocycles. The molecule has 3 rings (SSSR count). The highest BCUT2D eigenvalue weighted by atomic mass is 35.5. The highest BCUT2D eigenvalue weighted by Gasteiger charge is 2.10. The third-order valence-electron chi connectivity index (χ3n) is 3.20. The minimum atomic E-state index is -0.0855. The topological polar surface area (TPSA) is 42.0 Å². The number of halogens is 2. The molecule has 0 saturated carbocycles. The van der Waals surface area contributed by atoms with E-state index in [9.17, 15) is 4.79 Å². The van der Waals surface area contributed by atoms with Crippen molar-refractivity contribution in [1.29, 1.82) is 0 Å².